The Bertz CT molecular complexity index is 1120. The van der Waals surface area contributed by atoms with E-state index in [9.17, 15) is 13.2 Å². The number of aromatic nitrogens is 1. The SMILES string of the molecule is C=CCn1c(=NC(=O)C2CCCN(S(C)(=O)=O)C2)sc2cc3c(cc21)OCO3. The molecule has 2 aliphatic heterocycles. The van der Waals surface area contributed by atoms with Gasteiger partial charge in [-0.25, -0.2) is 12.7 Å². The van der Waals surface area contributed by atoms with E-state index < -0.39 is 15.9 Å². The van der Waals surface area contributed by atoms with Gasteiger partial charge in [0.15, 0.2) is 16.3 Å². The number of sulfonamides is 1. The lowest BCUT2D eigenvalue weighted by molar-refractivity contribution is -0.122. The average molecular weight is 424 g/mol. The van der Waals surface area contributed by atoms with Crippen molar-refractivity contribution in [2.75, 3.05) is 26.1 Å². The van der Waals surface area contributed by atoms with Crippen LogP contribution in [0.1, 0.15) is 12.8 Å². The number of carbonyl (C=O) groups excluding carboxylic acids is 1. The number of carbonyl (C=O) groups is 1. The number of rotatable bonds is 4. The standard InChI is InChI=1S/C18H21N3O5S2/c1-3-6-21-13-8-14-15(26-11-25-14)9-16(13)27-18(21)19-17(22)12-5-4-7-20(10-12)28(2,23)24/h3,8-9,12H,1,4-7,10-11H2,2H3. The van der Waals surface area contributed by atoms with E-state index >= 15 is 0 Å². The fourth-order valence-electron chi connectivity index (χ4n) is 3.48. The number of nitrogens with zero attached hydrogens (tertiary/aromatic N) is 3. The van der Waals surface area contributed by atoms with Crippen molar-refractivity contribution in [2.24, 2.45) is 10.9 Å². The van der Waals surface area contributed by atoms with Gasteiger partial charge in [-0.15, -0.1) is 6.58 Å². The molecular weight excluding hydrogens is 402 g/mol. The molecule has 1 atom stereocenters. The topological polar surface area (TPSA) is 90.2 Å². The number of thiazole rings is 1. The third-order valence-corrected chi connectivity index (χ3v) is 7.21. The molecule has 10 heteroatoms. The number of fused-ring (bicyclic) bond motifs is 2. The third kappa shape index (κ3) is 3.59. The highest BCUT2D eigenvalue weighted by Crippen LogP contribution is 2.37. The number of ether oxygens (including phenoxy) is 2. The minimum Gasteiger partial charge on any atom is -0.454 e. The first-order valence-electron chi connectivity index (χ1n) is 8.94. The molecule has 2 aliphatic rings. The van der Waals surface area contributed by atoms with E-state index in [2.05, 4.69) is 11.6 Å². The second kappa shape index (κ2) is 7.34. The third-order valence-electron chi connectivity index (χ3n) is 4.90. The van der Waals surface area contributed by atoms with Crippen LogP contribution in [0.25, 0.3) is 10.2 Å². The first kappa shape index (κ1) is 19.2. The fraction of sp³-hybridized carbons (Fsp3) is 0.444. The Morgan fingerprint density at radius 1 is 1.39 bits per heavy atom. The van der Waals surface area contributed by atoms with Crippen molar-refractivity contribution in [2.45, 2.75) is 19.4 Å². The molecule has 3 heterocycles. The number of amides is 1. The van der Waals surface area contributed by atoms with Crippen molar-refractivity contribution in [1.82, 2.24) is 8.87 Å². The first-order valence-corrected chi connectivity index (χ1v) is 11.6. The zero-order valence-electron chi connectivity index (χ0n) is 15.5. The lowest BCUT2D eigenvalue weighted by Gasteiger charge is -2.28. The summed E-state index contributed by atoms with van der Waals surface area (Å²) >= 11 is 1.39. The van der Waals surface area contributed by atoms with Crippen LogP contribution in [0, 0.1) is 5.92 Å². The van der Waals surface area contributed by atoms with Crippen LogP contribution in [0.15, 0.2) is 29.8 Å². The van der Waals surface area contributed by atoms with Crippen molar-refractivity contribution in [3.05, 3.63) is 29.6 Å². The van der Waals surface area contributed by atoms with Crippen LogP contribution in [0.5, 0.6) is 11.5 Å². The maximum absolute atomic E-state index is 12.8. The van der Waals surface area contributed by atoms with E-state index in [-0.39, 0.29) is 19.2 Å². The summed E-state index contributed by atoms with van der Waals surface area (Å²) in [7, 11) is -3.31. The molecule has 1 saturated heterocycles. The highest BCUT2D eigenvalue weighted by Gasteiger charge is 2.30. The lowest BCUT2D eigenvalue weighted by Crippen LogP contribution is -2.41. The van der Waals surface area contributed by atoms with Gasteiger partial charge >= 0.3 is 0 Å². The van der Waals surface area contributed by atoms with Gasteiger partial charge in [0.1, 0.15) is 0 Å². The highest BCUT2D eigenvalue weighted by molar-refractivity contribution is 7.88. The molecule has 0 saturated carbocycles. The molecule has 4 rings (SSSR count). The van der Waals surface area contributed by atoms with Gasteiger partial charge in [-0.3, -0.25) is 4.79 Å². The summed E-state index contributed by atoms with van der Waals surface area (Å²) < 4.78 is 38.7. The van der Waals surface area contributed by atoms with E-state index in [1.165, 1.54) is 21.9 Å². The van der Waals surface area contributed by atoms with Crippen LogP contribution in [0.3, 0.4) is 0 Å². The Morgan fingerprint density at radius 3 is 2.86 bits per heavy atom. The molecule has 8 nitrogen and oxygen atoms in total. The van der Waals surface area contributed by atoms with Crippen molar-refractivity contribution in [3.8, 4) is 11.5 Å². The molecule has 0 radical (unpaired) electrons. The van der Waals surface area contributed by atoms with Crippen LogP contribution in [-0.4, -0.2) is 49.3 Å². The van der Waals surface area contributed by atoms with E-state index in [0.29, 0.717) is 42.2 Å². The van der Waals surface area contributed by atoms with Crippen molar-refractivity contribution in [3.63, 3.8) is 0 Å². The molecular formula is C18H21N3O5S2. The Balaban J connectivity index is 1.71. The number of hydrogen-bond acceptors (Lipinski definition) is 6. The Morgan fingerprint density at radius 2 is 2.14 bits per heavy atom. The molecule has 1 fully saturated rings. The molecule has 1 aromatic carbocycles. The number of piperidine rings is 1. The summed E-state index contributed by atoms with van der Waals surface area (Å²) in [5, 5.41) is 0. The van der Waals surface area contributed by atoms with E-state index in [1.54, 1.807) is 6.08 Å². The monoisotopic (exact) mass is 423 g/mol. The molecule has 28 heavy (non-hydrogen) atoms. The van der Waals surface area contributed by atoms with E-state index in [4.69, 9.17) is 9.47 Å². The summed E-state index contributed by atoms with van der Waals surface area (Å²) in [6.07, 6.45) is 4.20. The summed E-state index contributed by atoms with van der Waals surface area (Å²) in [6.45, 7) is 5.11. The quantitative estimate of drug-likeness (QED) is 0.699. The largest absolute Gasteiger partial charge is 0.454 e. The van der Waals surface area contributed by atoms with E-state index in [0.717, 1.165) is 10.2 Å². The van der Waals surface area contributed by atoms with Gasteiger partial charge in [-0.2, -0.15) is 4.99 Å². The minimum absolute atomic E-state index is 0.184. The Hall–Kier alpha value is -2.17. The van der Waals surface area contributed by atoms with Crippen molar-refractivity contribution < 1.29 is 22.7 Å². The van der Waals surface area contributed by atoms with E-state index in [1.807, 2.05) is 16.7 Å². The summed E-state index contributed by atoms with van der Waals surface area (Å²) in [5.41, 5.74) is 0.891. The molecule has 150 valence electrons. The summed E-state index contributed by atoms with van der Waals surface area (Å²) in [5.74, 6) is 0.616. The Kier molecular flexibility index (Phi) is 5.02. The molecule has 1 aromatic heterocycles. The molecule has 2 aromatic rings. The van der Waals surface area contributed by atoms with Gasteiger partial charge in [0.05, 0.1) is 22.4 Å². The van der Waals surface area contributed by atoms with Crippen LogP contribution >= 0.6 is 11.3 Å². The molecule has 0 bridgehead atoms. The van der Waals surface area contributed by atoms with Gasteiger partial charge in [-0.05, 0) is 12.8 Å². The molecule has 0 N–H and O–H groups in total. The molecule has 1 unspecified atom stereocenters. The lowest BCUT2D eigenvalue weighted by atomic mass is 9.99. The normalized spacial score (nSPS) is 20.6. The fourth-order valence-corrected chi connectivity index (χ4v) is 5.45. The molecule has 0 spiro atoms. The van der Waals surface area contributed by atoms with Crippen LogP contribution in [0.4, 0.5) is 0 Å². The molecule has 1 amide bonds. The maximum Gasteiger partial charge on any atom is 0.252 e. The predicted molar refractivity (Wildman–Crippen MR) is 106 cm³/mol. The van der Waals surface area contributed by atoms with Gasteiger partial charge < -0.3 is 14.0 Å². The summed E-state index contributed by atoms with van der Waals surface area (Å²) in [6, 6.07) is 3.77. The zero-order chi connectivity index (χ0) is 19.9. The second-order valence-corrected chi connectivity index (χ2v) is 9.86. The maximum atomic E-state index is 12.8. The zero-order valence-corrected chi connectivity index (χ0v) is 17.1. The Labute approximate surface area is 166 Å². The molecule has 0 aliphatic carbocycles. The van der Waals surface area contributed by atoms with Gasteiger partial charge in [-0.1, -0.05) is 17.4 Å². The first-order chi connectivity index (χ1) is 13.4. The van der Waals surface area contributed by atoms with Crippen molar-refractivity contribution >= 4 is 37.5 Å². The van der Waals surface area contributed by atoms with Gasteiger partial charge in [0, 0.05) is 31.8 Å². The van der Waals surface area contributed by atoms with Gasteiger partial charge in [0.2, 0.25) is 16.8 Å². The highest BCUT2D eigenvalue weighted by atomic mass is 32.2. The van der Waals surface area contributed by atoms with Crippen LogP contribution in [0.2, 0.25) is 0 Å². The minimum atomic E-state index is -3.31. The number of allylic oxidation sites excluding steroid dienone is 1. The smallest absolute Gasteiger partial charge is 0.252 e. The average Bonchev–Trinajstić information content (AvgIpc) is 3.24. The van der Waals surface area contributed by atoms with Crippen LogP contribution < -0.4 is 14.3 Å². The summed E-state index contributed by atoms with van der Waals surface area (Å²) in [4.78, 5) is 17.7. The number of benzene rings is 1. The predicted octanol–water partition coefficient (Wildman–Crippen LogP) is 1.72. The number of hydrogen-bond donors (Lipinski definition) is 0. The van der Waals surface area contributed by atoms with Crippen LogP contribution in [-0.2, 0) is 21.4 Å². The van der Waals surface area contributed by atoms with Gasteiger partial charge in [0.25, 0.3) is 5.91 Å². The second-order valence-electron chi connectivity index (χ2n) is 6.87. The van der Waals surface area contributed by atoms with Crippen molar-refractivity contribution in [1.29, 1.82) is 0 Å².